The van der Waals surface area contributed by atoms with Gasteiger partial charge in [-0.25, -0.2) is 0 Å². The van der Waals surface area contributed by atoms with Crippen LogP contribution in [0, 0.1) is 0 Å². The van der Waals surface area contributed by atoms with Crippen molar-refractivity contribution in [1.29, 1.82) is 0 Å². The number of nitrogens with zero attached hydrogens (tertiary/aromatic N) is 1. The fourth-order valence-corrected chi connectivity index (χ4v) is 2.58. The number of anilines is 2. The topological polar surface area (TPSA) is 75.7 Å². The average molecular weight is 383 g/mol. The van der Waals surface area contributed by atoms with E-state index in [2.05, 4.69) is 5.32 Å². The molecule has 2 rings (SSSR count). The Hall–Kier alpha value is -2.09. The molecule has 8 heteroatoms. The third-order valence-electron chi connectivity index (χ3n) is 3.38. The fraction of sp³-hybridized carbons (Fsp3) is 0.235. The van der Waals surface area contributed by atoms with Crippen LogP contribution < -0.4 is 10.2 Å². The number of rotatable bonds is 7. The molecule has 0 atom stereocenters. The van der Waals surface area contributed by atoms with Crippen molar-refractivity contribution in [3.8, 4) is 0 Å². The lowest BCUT2D eigenvalue weighted by molar-refractivity contribution is 0.102. The van der Waals surface area contributed by atoms with Crippen molar-refractivity contribution in [3.63, 3.8) is 0 Å². The molecule has 0 saturated heterocycles. The monoisotopic (exact) mass is 382 g/mol. The van der Waals surface area contributed by atoms with Crippen molar-refractivity contribution in [2.45, 2.75) is 0 Å². The normalized spacial score (nSPS) is 11.2. The second-order valence-electron chi connectivity index (χ2n) is 5.46. The van der Waals surface area contributed by atoms with Crippen LogP contribution in [0.5, 0.6) is 0 Å². The SMILES string of the molecule is CN(CCOS(C)(=O)=O)c1cccc(C(=O)Nc2ccc(Cl)cc2)c1. The quantitative estimate of drug-likeness (QED) is 0.745. The van der Waals surface area contributed by atoms with Crippen LogP contribution in [0.1, 0.15) is 10.4 Å². The van der Waals surface area contributed by atoms with Crippen LogP contribution >= 0.6 is 11.6 Å². The molecule has 2 aromatic rings. The zero-order chi connectivity index (χ0) is 18.4. The summed E-state index contributed by atoms with van der Waals surface area (Å²) in [5.74, 6) is -0.245. The van der Waals surface area contributed by atoms with E-state index < -0.39 is 10.1 Å². The predicted octanol–water partition coefficient (Wildman–Crippen LogP) is 3.00. The number of carbonyl (C=O) groups is 1. The summed E-state index contributed by atoms with van der Waals surface area (Å²) in [6.07, 6.45) is 1.01. The Bertz CT molecular complexity index is 838. The average Bonchev–Trinajstić information content (AvgIpc) is 2.56. The smallest absolute Gasteiger partial charge is 0.264 e. The molecule has 0 heterocycles. The minimum Gasteiger partial charge on any atom is -0.372 e. The summed E-state index contributed by atoms with van der Waals surface area (Å²) in [5.41, 5.74) is 1.92. The zero-order valence-corrected chi connectivity index (χ0v) is 15.5. The first-order valence-corrected chi connectivity index (χ1v) is 9.66. The van der Waals surface area contributed by atoms with Gasteiger partial charge in [0, 0.05) is 35.6 Å². The minimum atomic E-state index is -3.46. The van der Waals surface area contributed by atoms with E-state index in [0.717, 1.165) is 11.9 Å². The third kappa shape index (κ3) is 6.38. The van der Waals surface area contributed by atoms with Crippen LogP contribution in [0.4, 0.5) is 11.4 Å². The number of halogens is 1. The van der Waals surface area contributed by atoms with Crippen molar-refractivity contribution in [1.82, 2.24) is 0 Å². The molecular weight excluding hydrogens is 364 g/mol. The first-order valence-electron chi connectivity index (χ1n) is 7.47. The number of carbonyl (C=O) groups excluding carboxylic acids is 1. The van der Waals surface area contributed by atoms with Gasteiger partial charge in [-0.2, -0.15) is 8.42 Å². The maximum atomic E-state index is 12.4. The van der Waals surface area contributed by atoms with Gasteiger partial charge in [-0.15, -0.1) is 0 Å². The largest absolute Gasteiger partial charge is 0.372 e. The van der Waals surface area contributed by atoms with Crippen molar-refractivity contribution in [2.24, 2.45) is 0 Å². The van der Waals surface area contributed by atoms with Gasteiger partial charge in [-0.1, -0.05) is 17.7 Å². The second-order valence-corrected chi connectivity index (χ2v) is 7.54. The van der Waals surface area contributed by atoms with Gasteiger partial charge in [0.1, 0.15) is 0 Å². The van der Waals surface area contributed by atoms with E-state index in [-0.39, 0.29) is 12.5 Å². The molecule has 0 spiro atoms. The summed E-state index contributed by atoms with van der Waals surface area (Å²) in [6.45, 7) is 0.409. The van der Waals surface area contributed by atoms with Crippen LogP contribution in [-0.2, 0) is 14.3 Å². The van der Waals surface area contributed by atoms with E-state index in [1.165, 1.54) is 0 Å². The molecule has 25 heavy (non-hydrogen) atoms. The third-order valence-corrected chi connectivity index (χ3v) is 4.22. The molecule has 0 aliphatic carbocycles. The Morgan fingerprint density at radius 2 is 1.88 bits per heavy atom. The Labute approximate surface area is 152 Å². The van der Waals surface area contributed by atoms with Crippen LogP contribution in [0.25, 0.3) is 0 Å². The van der Waals surface area contributed by atoms with Gasteiger partial charge >= 0.3 is 0 Å². The molecule has 0 bridgehead atoms. The Kier molecular flexibility index (Phi) is 6.41. The van der Waals surface area contributed by atoms with Gasteiger partial charge in [-0.05, 0) is 42.5 Å². The first kappa shape index (κ1) is 19.2. The fourth-order valence-electron chi connectivity index (χ4n) is 2.08. The van der Waals surface area contributed by atoms with Gasteiger partial charge in [0.25, 0.3) is 16.0 Å². The lowest BCUT2D eigenvalue weighted by Gasteiger charge is -2.19. The van der Waals surface area contributed by atoms with E-state index in [0.29, 0.717) is 22.8 Å². The molecule has 0 fully saturated rings. The maximum absolute atomic E-state index is 12.4. The predicted molar refractivity (Wildman–Crippen MR) is 99.9 cm³/mol. The van der Waals surface area contributed by atoms with Crippen LogP contribution in [0.3, 0.4) is 0 Å². The van der Waals surface area contributed by atoms with Gasteiger partial charge < -0.3 is 10.2 Å². The Morgan fingerprint density at radius 3 is 2.52 bits per heavy atom. The Morgan fingerprint density at radius 1 is 1.20 bits per heavy atom. The minimum absolute atomic E-state index is 0.0382. The summed E-state index contributed by atoms with van der Waals surface area (Å²) < 4.78 is 26.7. The Balaban J connectivity index is 2.01. The highest BCUT2D eigenvalue weighted by Gasteiger charge is 2.10. The molecule has 2 aromatic carbocycles. The number of likely N-dealkylation sites (N-methyl/N-ethyl adjacent to an activating group) is 1. The summed E-state index contributed by atoms with van der Waals surface area (Å²) in [4.78, 5) is 14.2. The van der Waals surface area contributed by atoms with E-state index in [4.69, 9.17) is 15.8 Å². The molecule has 6 nitrogen and oxygen atoms in total. The van der Waals surface area contributed by atoms with Crippen LogP contribution in [-0.4, -0.2) is 40.8 Å². The zero-order valence-electron chi connectivity index (χ0n) is 13.9. The molecule has 0 unspecified atom stereocenters. The molecule has 0 aromatic heterocycles. The van der Waals surface area contributed by atoms with Crippen molar-refractivity contribution < 1.29 is 17.4 Å². The highest BCUT2D eigenvalue weighted by molar-refractivity contribution is 7.85. The summed E-state index contributed by atoms with van der Waals surface area (Å²) in [5, 5.41) is 3.39. The number of amides is 1. The van der Waals surface area contributed by atoms with Gasteiger partial charge in [0.15, 0.2) is 0 Å². The van der Waals surface area contributed by atoms with Crippen molar-refractivity contribution >= 4 is 39.0 Å². The summed E-state index contributed by atoms with van der Waals surface area (Å²) in [6, 6.07) is 13.9. The van der Waals surface area contributed by atoms with E-state index in [9.17, 15) is 13.2 Å². The van der Waals surface area contributed by atoms with Crippen molar-refractivity contribution in [3.05, 3.63) is 59.1 Å². The molecule has 1 N–H and O–H groups in total. The summed E-state index contributed by atoms with van der Waals surface area (Å²) in [7, 11) is -1.67. The lowest BCUT2D eigenvalue weighted by Crippen LogP contribution is -2.24. The standard InChI is InChI=1S/C17H19ClN2O4S/c1-20(10-11-24-25(2,22)23)16-5-3-4-13(12-16)17(21)19-15-8-6-14(18)7-9-15/h3-9,12H,10-11H2,1-2H3,(H,19,21). The van der Waals surface area contributed by atoms with Crippen LogP contribution in [0.2, 0.25) is 5.02 Å². The molecule has 0 aliphatic heterocycles. The van der Waals surface area contributed by atoms with Crippen molar-refractivity contribution in [2.75, 3.05) is 36.7 Å². The second kappa shape index (κ2) is 8.33. The van der Waals surface area contributed by atoms with E-state index in [1.54, 1.807) is 49.5 Å². The molecule has 134 valence electrons. The molecule has 0 radical (unpaired) electrons. The number of nitrogens with one attached hydrogen (secondary N) is 1. The van der Waals surface area contributed by atoms with Gasteiger partial charge in [0.2, 0.25) is 0 Å². The molecule has 0 aliphatic rings. The number of hydrogen-bond acceptors (Lipinski definition) is 5. The van der Waals surface area contributed by atoms with Gasteiger partial charge in [0.05, 0.1) is 12.9 Å². The molecule has 0 saturated carbocycles. The highest BCUT2D eigenvalue weighted by atomic mass is 35.5. The lowest BCUT2D eigenvalue weighted by atomic mass is 10.1. The number of benzene rings is 2. The van der Waals surface area contributed by atoms with E-state index >= 15 is 0 Å². The summed E-state index contributed by atoms with van der Waals surface area (Å²) >= 11 is 5.82. The van der Waals surface area contributed by atoms with Crippen LogP contribution in [0.15, 0.2) is 48.5 Å². The molecule has 1 amide bonds. The number of hydrogen-bond donors (Lipinski definition) is 1. The highest BCUT2D eigenvalue weighted by Crippen LogP contribution is 2.18. The maximum Gasteiger partial charge on any atom is 0.264 e. The van der Waals surface area contributed by atoms with Gasteiger partial charge in [-0.3, -0.25) is 8.98 Å². The molecular formula is C17H19ClN2O4S. The van der Waals surface area contributed by atoms with E-state index in [1.807, 2.05) is 11.0 Å². The first-order chi connectivity index (χ1) is 11.7.